The van der Waals surface area contributed by atoms with Gasteiger partial charge in [0.05, 0.1) is 0 Å². The summed E-state index contributed by atoms with van der Waals surface area (Å²) >= 11 is 0. The van der Waals surface area contributed by atoms with Crippen molar-refractivity contribution >= 4 is 5.91 Å². The van der Waals surface area contributed by atoms with E-state index in [4.69, 9.17) is 5.26 Å². The number of carbonyl (C=O) groups excluding carboxylic acids is 1. The lowest BCUT2D eigenvalue weighted by atomic mass is 10.1. The molecule has 1 atom stereocenters. The summed E-state index contributed by atoms with van der Waals surface area (Å²) in [5.41, 5.74) is 1.32. The van der Waals surface area contributed by atoms with Gasteiger partial charge in [0.25, 0.3) is 0 Å². The first-order chi connectivity index (χ1) is 7.70. The highest BCUT2D eigenvalue weighted by molar-refractivity contribution is 5.81. The van der Waals surface area contributed by atoms with Crippen molar-refractivity contribution in [2.75, 3.05) is 6.54 Å². The fraction of sp³-hybridized carbons (Fsp3) is 0.333. The van der Waals surface area contributed by atoms with E-state index in [1.165, 1.54) is 0 Å². The van der Waals surface area contributed by atoms with Crippen LogP contribution in [0.5, 0.6) is 0 Å². The van der Waals surface area contributed by atoms with Gasteiger partial charge >= 0.3 is 0 Å². The van der Waals surface area contributed by atoms with Gasteiger partial charge in [0.15, 0.2) is 0 Å². The molecule has 0 bridgehead atoms. The fourth-order valence-electron chi connectivity index (χ4n) is 1.81. The predicted molar refractivity (Wildman–Crippen MR) is 57.8 cm³/mol. The van der Waals surface area contributed by atoms with Crippen molar-refractivity contribution in [3.8, 4) is 6.07 Å². The molecule has 16 heavy (non-hydrogen) atoms. The Morgan fingerprint density at radius 2 is 2.50 bits per heavy atom. The second-order valence-corrected chi connectivity index (χ2v) is 3.91. The minimum atomic E-state index is -0.114. The Bertz CT molecular complexity index is 450. The summed E-state index contributed by atoms with van der Waals surface area (Å²) in [6, 6.07) is 5.52. The minimum Gasteiger partial charge on any atom is -0.338 e. The fourth-order valence-corrected chi connectivity index (χ4v) is 1.81. The molecule has 4 nitrogen and oxygen atoms in total. The van der Waals surface area contributed by atoms with Crippen molar-refractivity contribution in [3.05, 3.63) is 36.5 Å². The Balaban J connectivity index is 2.10. The number of amides is 1. The topological polar surface area (TPSA) is 57.0 Å². The molecule has 0 unspecified atom stereocenters. The van der Waals surface area contributed by atoms with E-state index in [0.29, 0.717) is 12.2 Å². The number of aromatic nitrogens is 1. The van der Waals surface area contributed by atoms with E-state index in [1.807, 2.05) is 12.1 Å². The van der Waals surface area contributed by atoms with Crippen molar-refractivity contribution in [3.63, 3.8) is 0 Å². The van der Waals surface area contributed by atoms with E-state index in [9.17, 15) is 4.79 Å². The van der Waals surface area contributed by atoms with Gasteiger partial charge < -0.3 is 4.90 Å². The second-order valence-electron chi connectivity index (χ2n) is 3.91. The van der Waals surface area contributed by atoms with Crippen molar-refractivity contribution in [2.24, 2.45) is 5.92 Å². The van der Waals surface area contributed by atoms with Gasteiger partial charge in [-0.3, -0.25) is 4.79 Å². The standard InChI is InChI=1S/C12H12N3O/c1-9-3-5-15(12(9)16)8-10-2-4-14-11(6-10)7-13/h2,4,6,9H,1,3,5,8H2/t9-/m0/s1. The van der Waals surface area contributed by atoms with Gasteiger partial charge in [-0.2, -0.15) is 5.26 Å². The first-order valence-corrected chi connectivity index (χ1v) is 5.17. The molecule has 1 aromatic heterocycles. The molecule has 1 saturated heterocycles. The van der Waals surface area contributed by atoms with E-state index in [0.717, 1.165) is 18.5 Å². The Labute approximate surface area is 94.5 Å². The Morgan fingerprint density at radius 3 is 3.12 bits per heavy atom. The highest BCUT2D eigenvalue weighted by Gasteiger charge is 2.27. The summed E-state index contributed by atoms with van der Waals surface area (Å²) in [6.07, 6.45) is 2.41. The zero-order chi connectivity index (χ0) is 11.5. The Hall–Kier alpha value is -1.89. The molecule has 1 aromatic rings. The Morgan fingerprint density at radius 1 is 1.69 bits per heavy atom. The van der Waals surface area contributed by atoms with E-state index in [2.05, 4.69) is 11.9 Å². The summed E-state index contributed by atoms with van der Waals surface area (Å²) in [5.74, 6) is -0.0207. The zero-order valence-electron chi connectivity index (χ0n) is 8.89. The van der Waals surface area contributed by atoms with Crippen molar-refractivity contribution in [2.45, 2.75) is 13.0 Å². The lowest BCUT2D eigenvalue weighted by Gasteiger charge is -2.15. The van der Waals surface area contributed by atoms with E-state index in [-0.39, 0.29) is 11.8 Å². The number of nitrogens with zero attached hydrogens (tertiary/aromatic N) is 3. The van der Waals surface area contributed by atoms with Gasteiger partial charge in [0.1, 0.15) is 11.8 Å². The monoisotopic (exact) mass is 214 g/mol. The largest absolute Gasteiger partial charge is 0.338 e. The maximum Gasteiger partial charge on any atom is 0.226 e. The maximum atomic E-state index is 11.6. The first-order valence-electron chi connectivity index (χ1n) is 5.17. The minimum absolute atomic E-state index is 0.0929. The van der Waals surface area contributed by atoms with E-state index < -0.39 is 0 Å². The molecule has 1 aliphatic rings. The zero-order valence-corrected chi connectivity index (χ0v) is 8.89. The SMILES string of the molecule is [CH2][C@H]1CCN(Cc2ccnc(C#N)c2)C1=O. The highest BCUT2D eigenvalue weighted by Crippen LogP contribution is 2.19. The van der Waals surface area contributed by atoms with Crippen LogP contribution in [-0.2, 0) is 11.3 Å². The molecule has 0 aromatic carbocycles. The first kappa shape index (κ1) is 10.6. The molecule has 0 saturated carbocycles. The molecule has 81 valence electrons. The van der Waals surface area contributed by atoms with Gasteiger partial charge in [0.2, 0.25) is 5.91 Å². The van der Waals surface area contributed by atoms with Crippen LogP contribution in [0.15, 0.2) is 18.3 Å². The van der Waals surface area contributed by atoms with Crippen LogP contribution >= 0.6 is 0 Å². The van der Waals surface area contributed by atoms with Crippen LogP contribution in [0, 0.1) is 24.2 Å². The van der Waals surface area contributed by atoms with Crippen LogP contribution in [0.25, 0.3) is 0 Å². The molecule has 1 aliphatic heterocycles. The molecule has 1 fully saturated rings. The van der Waals surface area contributed by atoms with Crippen molar-refractivity contribution < 1.29 is 4.79 Å². The number of likely N-dealkylation sites (tertiary alicyclic amines) is 1. The van der Waals surface area contributed by atoms with Crippen LogP contribution < -0.4 is 0 Å². The third kappa shape index (κ3) is 2.03. The van der Waals surface area contributed by atoms with E-state index in [1.54, 1.807) is 17.2 Å². The number of nitriles is 1. The Kier molecular flexibility index (Phi) is 2.86. The predicted octanol–water partition coefficient (Wildman–Crippen LogP) is 1.14. The number of carbonyl (C=O) groups is 1. The number of rotatable bonds is 2. The molecule has 4 heteroatoms. The summed E-state index contributed by atoms with van der Waals surface area (Å²) in [7, 11) is 0. The van der Waals surface area contributed by atoms with Crippen molar-refractivity contribution in [1.82, 2.24) is 9.88 Å². The van der Waals surface area contributed by atoms with E-state index >= 15 is 0 Å². The molecule has 0 aliphatic carbocycles. The van der Waals surface area contributed by atoms with Gasteiger partial charge in [-0.05, 0) is 31.0 Å². The second kappa shape index (κ2) is 4.31. The van der Waals surface area contributed by atoms with Gasteiger partial charge in [-0.1, -0.05) is 0 Å². The molecular formula is C12H12N3O. The van der Waals surface area contributed by atoms with Crippen LogP contribution in [0.1, 0.15) is 17.7 Å². The lowest BCUT2D eigenvalue weighted by molar-refractivity contribution is -0.130. The van der Waals surface area contributed by atoms with Gasteiger partial charge in [0, 0.05) is 25.2 Å². The summed E-state index contributed by atoms with van der Waals surface area (Å²) in [6.45, 7) is 5.08. The summed E-state index contributed by atoms with van der Waals surface area (Å²) < 4.78 is 0. The summed E-state index contributed by atoms with van der Waals surface area (Å²) in [5, 5.41) is 8.71. The van der Waals surface area contributed by atoms with Crippen molar-refractivity contribution in [1.29, 1.82) is 5.26 Å². The molecule has 2 rings (SSSR count). The quantitative estimate of drug-likeness (QED) is 0.741. The lowest BCUT2D eigenvalue weighted by Crippen LogP contribution is -2.26. The third-order valence-electron chi connectivity index (χ3n) is 2.72. The maximum absolute atomic E-state index is 11.6. The summed E-state index contributed by atoms with van der Waals surface area (Å²) in [4.78, 5) is 17.3. The molecule has 0 spiro atoms. The van der Waals surface area contributed by atoms with Crippen LogP contribution in [0.2, 0.25) is 0 Å². The van der Waals surface area contributed by atoms with Gasteiger partial charge in [-0.15, -0.1) is 0 Å². The number of hydrogen-bond donors (Lipinski definition) is 0. The molecule has 1 amide bonds. The van der Waals surface area contributed by atoms with Crippen LogP contribution in [-0.4, -0.2) is 22.3 Å². The smallest absolute Gasteiger partial charge is 0.226 e. The van der Waals surface area contributed by atoms with Crippen LogP contribution in [0.3, 0.4) is 0 Å². The third-order valence-corrected chi connectivity index (χ3v) is 2.72. The normalized spacial score (nSPS) is 19.9. The number of pyridine rings is 1. The average Bonchev–Trinajstić information content (AvgIpc) is 2.61. The molecule has 2 heterocycles. The molecule has 1 radical (unpaired) electrons. The highest BCUT2D eigenvalue weighted by atomic mass is 16.2. The van der Waals surface area contributed by atoms with Crippen LogP contribution in [0.4, 0.5) is 0 Å². The molecule has 0 N–H and O–H groups in total. The number of hydrogen-bond acceptors (Lipinski definition) is 3. The average molecular weight is 214 g/mol. The molecular weight excluding hydrogens is 202 g/mol. The van der Waals surface area contributed by atoms with Gasteiger partial charge in [-0.25, -0.2) is 4.98 Å².